The minimum absolute atomic E-state index is 0.0920. The number of hydrogen-bond acceptors (Lipinski definition) is 3. The number of anilines is 1. The fourth-order valence-corrected chi connectivity index (χ4v) is 3.92. The normalized spacial score (nSPS) is 22.8. The second-order valence-electron chi connectivity index (χ2n) is 7.36. The summed E-state index contributed by atoms with van der Waals surface area (Å²) in [6.07, 6.45) is 0.766. The Labute approximate surface area is 133 Å². The molecule has 118 valence electrons. The van der Waals surface area contributed by atoms with Gasteiger partial charge in [0.1, 0.15) is 5.82 Å². The van der Waals surface area contributed by atoms with E-state index < -0.39 is 0 Å². The van der Waals surface area contributed by atoms with Gasteiger partial charge in [-0.3, -0.25) is 0 Å². The van der Waals surface area contributed by atoms with Crippen LogP contribution in [0, 0.1) is 18.3 Å². The first kappa shape index (κ1) is 15.3. The third-order valence-electron chi connectivity index (χ3n) is 5.13. The molecule has 2 unspecified atom stereocenters. The highest BCUT2D eigenvalue weighted by atomic mass is 16.3. The Kier molecular flexibility index (Phi) is 3.85. The van der Waals surface area contributed by atoms with E-state index in [2.05, 4.69) is 56.0 Å². The molecule has 1 fully saturated rings. The number of hydrogen-bond donors (Lipinski definition) is 1. The van der Waals surface area contributed by atoms with Gasteiger partial charge in [0.25, 0.3) is 0 Å². The van der Waals surface area contributed by atoms with Gasteiger partial charge in [0.2, 0.25) is 0 Å². The average Bonchev–Trinajstić information content (AvgIpc) is 2.46. The molecular weight excluding hydrogens is 272 g/mol. The first-order chi connectivity index (χ1) is 10.4. The minimum Gasteiger partial charge on any atom is -0.393 e. The molecular formula is C19H26N2O. The van der Waals surface area contributed by atoms with Crippen molar-refractivity contribution < 1.29 is 5.11 Å². The Morgan fingerprint density at radius 3 is 2.73 bits per heavy atom. The van der Waals surface area contributed by atoms with E-state index in [9.17, 15) is 5.11 Å². The molecule has 0 bridgehead atoms. The molecule has 3 heteroatoms. The topological polar surface area (TPSA) is 36.4 Å². The number of aliphatic hydroxyl groups is 1. The van der Waals surface area contributed by atoms with Crippen LogP contribution in [0.5, 0.6) is 0 Å². The second-order valence-corrected chi connectivity index (χ2v) is 7.36. The molecule has 0 saturated carbocycles. The van der Waals surface area contributed by atoms with Gasteiger partial charge in [-0.15, -0.1) is 0 Å². The predicted molar refractivity (Wildman–Crippen MR) is 92.3 cm³/mol. The van der Waals surface area contributed by atoms with Crippen LogP contribution < -0.4 is 4.90 Å². The first-order valence-corrected chi connectivity index (χ1v) is 8.18. The Morgan fingerprint density at radius 2 is 2.05 bits per heavy atom. The summed E-state index contributed by atoms with van der Waals surface area (Å²) < 4.78 is 0. The molecule has 1 N–H and O–H groups in total. The average molecular weight is 298 g/mol. The quantitative estimate of drug-likeness (QED) is 0.916. The van der Waals surface area contributed by atoms with Crippen molar-refractivity contribution in [1.29, 1.82) is 0 Å². The second kappa shape index (κ2) is 5.54. The lowest BCUT2D eigenvalue weighted by Crippen LogP contribution is -2.49. The van der Waals surface area contributed by atoms with Crippen molar-refractivity contribution in [2.75, 3.05) is 18.0 Å². The van der Waals surface area contributed by atoms with Crippen LogP contribution in [0.1, 0.15) is 32.8 Å². The Morgan fingerprint density at radius 1 is 1.27 bits per heavy atom. The van der Waals surface area contributed by atoms with Gasteiger partial charge in [0, 0.05) is 18.5 Å². The molecule has 0 spiro atoms. The largest absolute Gasteiger partial charge is 0.393 e. The van der Waals surface area contributed by atoms with E-state index in [1.54, 1.807) is 0 Å². The summed E-state index contributed by atoms with van der Waals surface area (Å²) in [6, 6.07) is 10.6. The zero-order valence-electron chi connectivity index (χ0n) is 14.0. The van der Waals surface area contributed by atoms with E-state index in [0.29, 0.717) is 5.92 Å². The zero-order chi connectivity index (χ0) is 15.9. The number of rotatable bonds is 2. The summed E-state index contributed by atoms with van der Waals surface area (Å²) in [5, 5.41) is 11.2. The highest BCUT2D eigenvalue weighted by molar-refractivity contribution is 5.83. The molecule has 0 radical (unpaired) electrons. The van der Waals surface area contributed by atoms with E-state index in [1.165, 1.54) is 10.9 Å². The van der Waals surface area contributed by atoms with Gasteiger partial charge >= 0.3 is 0 Å². The van der Waals surface area contributed by atoms with Crippen molar-refractivity contribution in [2.45, 2.75) is 40.2 Å². The standard InChI is InChI=1S/C19H26N2O/c1-13-6-5-7-15-8-9-17(20-18(13)15)21-11-10-16(14(2)22)19(3,4)12-21/h5-9,14,16,22H,10-12H2,1-4H3. The van der Waals surface area contributed by atoms with Crippen LogP contribution in [-0.4, -0.2) is 29.3 Å². The molecule has 1 aliphatic heterocycles. The summed E-state index contributed by atoms with van der Waals surface area (Å²) in [6.45, 7) is 10.4. The van der Waals surface area contributed by atoms with Crippen molar-refractivity contribution in [3.05, 3.63) is 35.9 Å². The monoisotopic (exact) mass is 298 g/mol. The van der Waals surface area contributed by atoms with Gasteiger partial charge in [-0.25, -0.2) is 4.98 Å². The molecule has 1 saturated heterocycles. The molecule has 1 aliphatic rings. The van der Waals surface area contributed by atoms with Gasteiger partial charge in [-0.2, -0.15) is 0 Å². The van der Waals surface area contributed by atoms with Crippen LogP contribution in [0.2, 0.25) is 0 Å². The highest BCUT2D eigenvalue weighted by Crippen LogP contribution is 2.38. The first-order valence-electron chi connectivity index (χ1n) is 8.18. The van der Waals surface area contributed by atoms with Crippen LogP contribution in [0.25, 0.3) is 10.9 Å². The fourth-order valence-electron chi connectivity index (χ4n) is 3.92. The summed E-state index contributed by atoms with van der Waals surface area (Å²) in [7, 11) is 0. The Hall–Kier alpha value is -1.61. The molecule has 0 aliphatic carbocycles. The lowest BCUT2D eigenvalue weighted by atomic mass is 9.71. The van der Waals surface area contributed by atoms with Crippen LogP contribution in [0.3, 0.4) is 0 Å². The van der Waals surface area contributed by atoms with Crippen LogP contribution in [0.15, 0.2) is 30.3 Å². The van der Waals surface area contributed by atoms with Crippen LogP contribution in [-0.2, 0) is 0 Å². The predicted octanol–water partition coefficient (Wildman–Crippen LogP) is 3.78. The van der Waals surface area contributed by atoms with E-state index in [4.69, 9.17) is 4.98 Å². The van der Waals surface area contributed by atoms with Gasteiger partial charge in [-0.05, 0) is 49.3 Å². The van der Waals surface area contributed by atoms with Crippen LogP contribution >= 0.6 is 0 Å². The lowest BCUT2D eigenvalue weighted by Gasteiger charge is -2.46. The maximum atomic E-state index is 10.0. The van der Waals surface area contributed by atoms with Crippen LogP contribution in [0.4, 0.5) is 5.82 Å². The third-order valence-corrected chi connectivity index (χ3v) is 5.13. The highest BCUT2D eigenvalue weighted by Gasteiger charge is 2.38. The van der Waals surface area contributed by atoms with Gasteiger partial charge < -0.3 is 10.0 Å². The number of para-hydroxylation sites is 1. The van der Waals surface area contributed by atoms with Crippen molar-refractivity contribution in [1.82, 2.24) is 4.98 Å². The Bertz CT molecular complexity index is 678. The molecule has 1 aromatic carbocycles. The van der Waals surface area contributed by atoms with Crippen molar-refractivity contribution >= 4 is 16.7 Å². The molecule has 2 aromatic rings. The summed E-state index contributed by atoms with van der Waals surface area (Å²) in [4.78, 5) is 7.26. The van der Waals surface area contributed by atoms with E-state index in [-0.39, 0.29) is 11.5 Å². The number of fused-ring (bicyclic) bond motifs is 1. The molecule has 1 aromatic heterocycles. The number of aromatic nitrogens is 1. The number of pyridine rings is 1. The molecule has 22 heavy (non-hydrogen) atoms. The molecule has 2 atom stereocenters. The maximum absolute atomic E-state index is 10.0. The minimum atomic E-state index is -0.246. The summed E-state index contributed by atoms with van der Waals surface area (Å²) >= 11 is 0. The van der Waals surface area contributed by atoms with E-state index in [1.807, 2.05) is 6.92 Å². The van der Waals surface area contributed by atoms with E-state index in [0.717, 1.165) is 30.8 Å². The smallest absolute Gasteiger partial charge is 0.129 e. The molecule has 3 rings (SSSR count). The summed E-state index contributed by atoms with van der Waals surface area (Å²) in [5.74, 6) is 1.41. The van der Waals surface area contributed by atoms with Gasteiger partial charge in [-0.1, -0.05) is 32.0 Å². The Balaban J connectivity index is 1.91. The SMILES string of the molecule is Cc1cccc2ccc(N3CCC(C(C)O)C(C)(C)C3)nc12. The number of nitrogens with zero attached hydrogens (tertiary/aromatic N) is 2. The number of piperidine rings is 1. The number of aryl methyl sites for hydroxylation is 1. The van der Waals surface area contributed by atoms with Crippen molar-refractivity contribution in [3.8, 4) is 0 Å². The van der Waals surface area contributed by atoms with Gasteiger partial charge in [0.05, 0.1) is 11.6 Å². The maximum Gasteiger partial charge on any atom is 0.129 e. The number of benzene rings is 1. The zero-order valence-corrected chi connectivity index (χ0v) is 14.0. The lowest BCUT2D eigenvalue weighted by molar-refractivity contribution is 0.0329. The van der Waals surface area contributed by atoms with E-state index >= 15 is 0 Å². The van der Waals surface area contributed by atoms with Gasteiger partial charge in [0.15, 0.2) is 0 Å². The molecule has 2 heterocycles. The molecule has 0 amide bonds. The molecule has 3 nitrogen and oxygen atoms in total. The van der Waals surface area contributed by atoms with Crippen molar-refractivity contribution in [3.63, 3.8) is 0 Å². The number of aliphatic hydroxyl groups excluding tert-OH is 1. The fraction of sp³-hybridized carbons (Fsp3) is 0.526. The third kappa shape index (κ3) is 2.70. The van der Waals surface area contributed by atoms with Crippen molar-refractivity contribution in [2.24, 2.45) is 11.3 Å². The summed E-state index contributed by atoms with van der Waals surface area (Å²) in [5.41, 5.74) is 2.40.